The summed E-state index contributed by atoms with van der Waals surface area (Å²) >= 11 is 1.80. The molecule has 1 aliphatic heterocycles. The van der Waals surface area contributed by atoms with E-state index in [1.54, 1.807) is 17.8 Å². The second kappa shape index (κ2) is 9.08. The van der Waals surface area contributed by atoms with Gasteiger partial charge >= 0.3 is 0 Å². The van der Waals surface area contributed by atoms with Gasteiger partial charge in [-0.3, -0.25) is 4.79 Å². The molecule has 1 aromatic rings. The number of hydrogen-bond donors (Lipinski definition) is 2. The van der Waals surface area contributed by atoms with Crippen LogP contribution < -0.4 is 10.6 Å². The molecule has 2 N–H and O–H groups in total. The minimum Gasteiger partial charge on any atom is -0.325 e. The topological polar surface area (TPSA) is 75.3 Å². The number of anilines is 1. The van der Waals surface area contributed by atoms with Gasteiger partial charge in [-0.05, 0) is 49.4 Å². The van der Waals surface area contributed by atoms with Gasteiger partial charge in [0.05, 0.1) is 0 Å². The van der Waals surface area contributed by atoms with Crippen LogP contribution in [-0.4, -0.2) is 44.2 Å². The Morgan fingerprint density at radius 1 is 1.33 bits per heavy atom. The van der Waals surface area contributed by atoms with E-state index in [0.29, 0.717) is 31.6 Å². The van der Waals surface area contributed by atoms with Gasteiger partial charge in [0.2, 0.25) is 5.91 Å². The van der Waals surface area contributed by atoms with Gasteiger partial charge in [-0.2, -0.15) is 11.8 Å². The molecule has 1 aromatic carbocycles. The third-order valence-electron chi connectivity index (χ3n) is 4.19. The van der Waals surface area contributed by atoms with E-state index in [1.807, 2.05) is 18.2 Å². The molecule has 0 atom stereocenters. The zero-order valence-electron chi connectivity index (χ0n) is 14.0. The number of benzene rings is 1. The summed E-state index contributed by atoms with van der Waals surface area (Å²) in [5.74, 6) is 1.49. The number of amides is 1. The molecule has 0 bridgehead atoms. The summed E-state index contributed by atoms with van der Waals surface area (Å²) in [5.41, 5.74) is 1.78. The molecule has 0 aliphatic carbocycles. The molecule has 8 heteroatoms. The zero-order chi connectivity index (χ0) is 16.9. The normalized spacial score (nSPS) is 16.9. The number of carbonyl (C=O) groups is 1. The molecule has 1 saturated heterocycles. The minimum atomic E-state index is -3.49. The summed E-state index contributed by atoms with van der Waals surface area (Å²) in [6.45, 7) is 3.17. The van der Waals surface area contributed by atoms with E-state index < -0.39 is 20.5 Å². The first kappa shape index (κ1) is 21.3. The van der Waals surface area contributed by atoms with E-state index in [9.17, 15) is 13.2 Å². The molecule has 0 radical (unpaired) electrons. The van der Waals surface area contributed by atoms with Gasteiger partial charge in [-0.15, -0.1) is 12.4 Å². The maximum absolute atomic E-state index is 12.7. The predicted octanol–water partition coefficient (Wildman–Crippen LogP) is 2.47. The molecule has 24 heavy (non-hydrogen) atoms. The SMILES string of the molecule is CCSCc1cccc(NC(=O)C2(S(C)(=O)=O)CCNCC2)c1.Cl. The van der Waals surface area contributed by atoms with Crippen molar-refractivity contribution >= 4 is 45.6 Å². The zero-order valence-corrected chi connectivity index (χ0v) is 16.5. The van der Waals surface area contributed by atoms with Crippen LogP contribution in [0.1, 0.15) is 25.3 Å². The van der Waals surface area contributed by atoms with E-state index >= 15 is 0 Å². The Labute approximate surface area is 154 Å². The lowest BCUT2D eigenvalue weighted by molar-refractivity contribution is -0.119. The predicted molar refractivity (Wildman–Crippen MR) is 104 cm³/mol. The van der Waals surface area contributed by atoms with Crippen molar-refractivity contribution in [1.82, 2.24) is 5.32 Å². The van der Waals surface area contributed by atoms with Crippen molar-refractivity contribution in [2.24, 2.45) is 0 Å². The number of hydrogen-bond acceptors (Lipinski definition) is 5. The molecule has 1 heterocycles. The molecule has 0 spiro atoms. The number of halogens is 1. The Hall–Kier alpha value is -0.760. The lowest BCUT2D eigenvalue weighted by Gasteiger charge is -2.34. The first-order chi connectivity index (χ1) is 10.9. The highest BCUT2D eigenvalue weighted by atomic mass is 35.5. The maximum atomic E-state index is 12.7. The molecule has 2 rings (SSSR count). The van der Waals surface area contributed by atoms with Gasteiger partial charge in [0.1, 0.15) is 0 Å². The maximum Gasteiger partial charge on any atom is 0.245 e. The quantitative estimate of drug-likeness (QED) is 0.777. The molecule has 1 amide bonds. The summed E-state index contributed by atoms with van der Waals surface area (Å²) in [6.07, 6.45) is 1.78. The Morgan fingerprint density at radius 3 is 2.58 bits per heavy atom. The number of piperidine rings is 1. The van der Waals surface area contributed by atoms with E-state index in [2.05, 4.69) is 17.6 Å². The Balaban J connectivity index is 0.00000288. The Kier molecular flexibility index (Phi) is 8.05. The largest absolute Gasteiger partial charge is 0.325 e. The average molecular weight is 393 g/mol. The van der Waals surface area contributed by atoms with Crippen LogP contribution in [0.15, 0.2) is 24.3 Å². The Bertz CT molecular complexity index is 659. The number of carbonyl (C=O) groups excluding carboxylic acids is 1. The number of rotatable bonds is 6. The molecule has 136 valence electrons. The van der Waals surface area contributed by atoms with Crippen molar-refractivity contribution < 1.29 is 13.2 Å². The van der Waals surface area contributed by atoms with Crippen LogP contribution in [0.4, 0.5) is 5.69 Å². The molecule has 1 fully saturated rings. The highest BCUT2D eigenvalue weighted by Gasteiger charge is 2.48. The summed E-state index contributed by atoms with van der Waals surface area (Å²) in [5, 5.41) is 5.94. The van der Waals surface area contributed by atoms with Gasteiger partial charge in [0.15, 0.2) is 14.6 Å². The minimum absolute atomic E-state index is 0. The molecule has 0 aromatic heterocycles. The van der Waals surface area contributed by atoms with Crippen LogP contribution in [0.3, 0.4) is 0 Å². The van der Waals surface area contributed by atoms with Crippen molar-refractivity contribution in [3.8, 4) is 0 Å². The van der Waals surface area contributed by atoms with Crippen LogP contribution >= 0.6 is 24.2 Å². The molecule has 0 saturated carbocycles. The summed E-state index contributed by atoms with van der Waals surface area (Å²) in [4.78, 5) is 12.7. The van der Waals surface area contributed by atoms with Crippen LogP contribution in [-0.2, 0) is 20.4 Å². The van der Waals surface area contributed by atoms with Gasteiger partial charge in [0.25, 0.3) is 0 Å². The summed E-state index contributed by atoms with van der Waals surface area (Å²) < 4.78 is 23.2. The van der Waals surface area contributed by atoms with Gasteiger partial charge in [0, 0.05) is 17.7 Å². The second-order valence-electron chi connectivity index (χ2n) is 5.81. The highest BCUT2D eigenvalue weighted by molar-refractivity contribution is 7.98. The lowest BCUT2D eigenvalue weighted by Crippen LogP contribution is -2.55. The Morgan fingerprint density at radius 2 is 2.00 bits per heavy atom. The third kappa shape index (κ3) is 4.88. The second-order valence-corrected chi connectivity index (χ2v) is 9.41. The van der Waals surface area contributed by atoms with Crippen molar-refractivity contribution in [3.63, 3.8) is 0 Å². The van der Waals surface area contributed by atoms with Crippen LogP contribution in [0.2, 0.25) is 0 Å². The van der Waals surface area contributed by atoms with E-state index in [0.717, 1.165) is 23.3 Å². The molecule has 0 unspecified atom stereocenters. The van der Waals surface area contributed by atoms with Crippen LogP contribution in [0.25, 0.3) is 0 Å². The smallest absolute Gasteiger partial charge is 0.245 e. The lowest BCUT2D eigenvalue weighted by atomic mass is 9.95. The van der Waals surface area contributed by atoms with Crippen molar-refractivity contribution in [2.45, 2.75) is 30.3 Å². The van der Waals surface area contributed by atoms with Gasteiger partial charge in [-0.25, -0.2) is 8.42 Å². The molecular formula is C16H25ClN2O3S2. The average Bonchev–Trinajstić information content (AvgIpc) is 2.53. The summed E-state index contributed by atoms with van der Waals surface area (Å²) in [6, 6.07) is 7.61. The van der Waals surface area contributed by atoms with Crippen molar-refractivity contribution in [1.29, 1.82) is 0 Å². The molecular weight excluding hydrogens is 368 g/mol. The van der Waals surface area contributed by atoms with Crippen LogP contribution in [0, 0.1) is 0 Å². The fourth-order valence-electron chi connectivity index (χ4n) is 2.80. The fraction of sp³-hybridized carbons (Fsp3) is 0.562. The van der Waals surface area contributed by atoms with Crippen molar-refractivity contribution in [3.05, 3.63) is 29.8 Å². The highest BCUT2D eigenvalue weighted by Crippen LogP contribution is 2.29. The van der Waals surface area contributed by atoms with E-state index in [4.69, 9.17) is 0 Å². The first-order valence-corrected chi connectivity index (χ1v) is 10.8. The standard InChI is InChI=1S/C16H24N2O3S2.ClH/c1-3-22-12-13-5-4-6-14(11-13)18-15(19)16(23(2,20)21)7-9-17-10-8-16;/h4-6,11,17H,3,7-10,12H2,1-2H3,(H,18,19);1H. The molecule has 5 nitrogen and oxygen atoms in total. The number of nitrogens with one attached hydrogen (secondary N) is 2. The monoisotopic (exact) mass is 392 g/mol. The van der Waals surface area contributed by atoms with E-state index in [-0.39, 0.29) is 12.4 Å². The molecule has 1 aliphatic rings. The first-order valence-electron chi connectivity index (χ1n) is 7.77. The van der Waals surface area contributed by atoms with Gasteiger partial charge in [-0.1, -0.05) is 19.1 Å². The van der Waals surface area contributed by atoms with Crippen molar-refractivity contribution in [2.75, 3.05) is 30.4 Å². The fourth-order valence-corrected chi connectivity index (χ4v) is 4.75. The van der Waals surface area contributed by atoms with E-state index in [1.165, 1.54) is 0 Å². The third-order valence-corrected chi connectivity index (χ3v) is 7.15. The van der Waals surface area contributed by atoms with Crippen LogP contribution in [0.5, 0.6) is 0 Å². The van der Waals surface area contributed by atoms with Gasteiger partial charge < -0.3 is 10.6 Å². The summed E-state index contributed by atoms with van der Waals surface area (Å²) in [7, 11) is -3.49. The number of thioether (sulfide) groups is 1. The number of sulfone groups is 1.